The summed E-state index contributed by atoms with van der Waals surface area (Å²) in [6.45, 7) is 0.0275. The van der Waals surface area contributed by atoms with Crippen molar-refractivity contribution in [1.82, 2.24) is 5.48 Å². The molecule has 0 aliphatic heterocycles. The molecule has 0 fully saturated rings. The van der Waals surface area contributed by atoms with Gasteiger partial charge in [0.15, 0.2) is 0 Å². The molecule has 0 saturated heterocycles. The van der Waals surface area contributed by atoms with E-state index in [2.05, 4.69) is 0 Å². The highest BCUT2D eigenvalue weighted by molar-refractivity contribution is 7.98. The van der Waals surface area contributed by atoms with E-state index in [1.54, 1.807) is 6.26 Å². The van der Waals surface area contributed by atoms with Crippen molar-refractivity contribution in [2.45, 2.75) is 11.4 Å². The largest absolute Gasteiger partial charge is 0.507 e. The van der Waals surface area contributed by atoms with Gasteiger partial charge in [0.25, 0.3) is 0 Å². The van der Waals surface area contributed by atoms with E-state index in [-0.39, 0.29) is 17.2 Å². The molecule has 0 amide bonds. The van der Waals surface area contributed by atoms with Gasteiger partial charge in [-0.1, -0.05) is 6.07 Å². The van der Waals surface area contributed by atoms with Crippen molar-refractivity contribution < 1.29 is 14.7 Å². The molecular formula is C8H10FNO2S. The summed E-state index contributed by atoms with van der Waals surface area (Å²) in [4.78, 5) is 0.202. The molecule has 3 N–H and O–H groups in total. The van der Waals surface area contributed by atoms with E-state index in [1.165, 1.54) is 12.1 Å². The van der Waals surface area contributed by atoms with Crippen LogP contribution in [0.1, 0.15) is 5.56 Å². The maximum atomic E-state index is 13.4. The third kappa shape index (κ3) is 2.12. The number of rotatable bonds is 3. The van der Waals surface area contributed by atoms with Gasteiger partial charge in [-0.2, -0.15) is 0 Å². The third-order valence-electron chi connectivity index (χ3n) is 1.63. The van der Waals surface area contributed by atoms with Gasteiger partial charge in [0, 0.05) is 12.1 Å². The standard InChI is InChI=1S/C8H10FNO2S/c1-13-8-6(11)3-2-5(4-10-12)7(8)9/h2-3,10-12H,4H2,1H3. The average molecular weight is 203 g/mol. The zero-order valence-electron chi connectivity index (χ0n) is 7.04. The monoisotopic (exact) mass is 203 g/mol. The summed E-state index contributed by atoms with van der Waals surface area (Å²) in [5, 5.41) is 17.6. The number of thioether (sulfide) groups is 1. The Labute approximate surface area is 79.5 Å². The van der Waals surface area contributed by atoms with Crippen LogP contribution in [0.3, 0.4) is 0 Å². The first-order valence-electron chi connectivity index (χ1n) is 3.62. The zero-order valence-corrected chi connectivity index (χ0v) is 7.86. The number of hydrogen-bond donors (Lipinski definition) is 3. The van der Waals surface area contributed by atoms with Crippen LogP contribution in [0.5, 0.6) is 5.75 Å². The van der Waals surface area contributed by atoms with Gasteiger partial charge in [-0.15, -0.1) is 11.8 Å². The van der Waals surface area contributed by atoms with Crippen molar-refractivity contribution in [2.75, 3.05) is 6.26 Å². The Morgan fingerprint density at radius 2 is 2.23 bits per heavy atom. The average Bonchev–Trinajstić information content (AvgIpc) is 2.11. The molecule has 0 saturated carbocycles. The topological polar surface area (TPSA) is 52.5 Å². The van der Waals surface area contributed by atoms with Crippen LogP contribution in [0.25, 0.3) is 0 Å². The van der Waals surface area contributed by atoms with E-state index < -0.39 is 5.82 Å². The second kappa shape index (κ2) is 4.45. The minimum absolute atomic E-state index is 0.0275. The number of hydrogen-bond acceptors (Lipinski definition) is 4. The summed E-state index contributed by atoms with van der Waals surface area (Å²) < 4.78 is 13.4. The summed E-state index contributed by atoms with van der Waals surface area (Å²) >= 11 is 1.13. The minimum atomic E-state index is -0.492. The molecule has 0 aliphatic carbocycles. The Bertz CT molecular complexity index is 306. The van der Waals surface area contributed by atoms with Crippen LogP contribution < -0.4 is 5.48 Å². The molecule has 0 bridgehead atoms. The molecule has 0 spiro atoms. The van der Waals surface area contributed by atoms with Crippen molar-refractivity contribution in [1.29, 1.82) is 0 Å². The lowest BCUT2D eigenvalue weighted by atomic mass is 10.2. The van der Waals surface area contributed by atoms with E-state index >= 15 is 0 Å². The van der Waals surface area contributed by atoms with E-state index in [0.717, 1.165) is 11.8 Å². The molecule has 0 radical (unpaired) electrons. The number of hydroxylamine groups is 1. The predicted octanol–water partition coefficient (Wildman–Crippen LogP) is 1.73. The fourth-order valence-electron chi connectivity index (χ4n) is 1.00. The molecule has 0 aromatic heterocycles. The van der Waals surface area contributed by atoms with E-state index in [1.807, 2.05) is 5.48 Å². The third-order valence-corrected chi connectivity index (χ3v) is 2.43. The van der Waals surface area contributed by atoms with Crippen molar-refractivity contribution in [3.8, 4) is 5.75 Å². The van der Waals surface area contributed by atoms with E-state index in [0.29, 0.717) is 5.56 Å². The highest BCUT2D eigenvalue weighted by atomic mass is 32.2. The van der Waals surface area contributed by atoms with Crippen molar-refractivity contribution >= 4 is 11.8 Å². The quantitative estimate of drug-likeness (QED) is 0.517. The Balaban J connectivity index is 3.11. The molecule has 1 aromatic rings. The fourth-order valence-corrected chi connectivity index (χ4v) is 1.59. The summed E-state index contributed by atoms with van der Waals surface area (Å²) in [6, 6.07) is 2.83. The first kappa shape index (κ1) is 10.3. The molecular weight excluding hydrogens is 193 g/mol. The lowest BCUT2D eigenvalue weighted by molar-refractivity contribution is 0.159. The first-order valence-corrected chi connectivity index (χ1v) is 4.84. The van der Waals surface area contributed by atoms with Crippen LogP contribution in [0.15, 0.2) is 17.0 Å². The Morgan fingerprint density at radius 3 is 2.77 bits per heavy atom. The molecule has 5 heteroatoms. The molecule has 13 heavy (non-hydrogen) atoms. The molecule has 1 rings (SSSR count). The maximum Gasteiger partial charge on any atom is 0.145 e. The molecule has 3 nitrogen and oxygen atoms in total. The minimum Gasteiger partial charge on any atom is -0.507 e. The molecule has 1 aromatic carbocycles. The van der Waals surface area contributed by atoms with Gasteiger partial charge in [0.1, 0.15) is 11.6 Å². The van der Waals surface area contributed by atoms with Crippen LogP contribution in [0.2, 0.25) is 0 Å². The molecule has 72 valence electrons. The normalized spacial score (nSPS) is 10.4. The number of phenolic OH excluding ortho intramolecular Hbond substituents is 1. The number of phenols is 1. The van der Waals surface area contributed by atoms with Gasteiger partial charge in [-0.25, -0.2) is 9.87 Å². The van der Waals surface area contributed by atoms with Crippen LogP contribution in [-0.2, 0) is 6.54 Å². The smallest absolute Gasteiger partial charge is 0.145 e. The van der Waals surface area contributed by atoms with Crippen molar-refractivity contribution in [3.05, 3.63) is 23.5 Å². The molecule has 0 unspecified atom stereocenters. The van der Waals surface area contributed by atoms with Crippen LogP contribution in [0, 0.1) is 5.82 Å². The lowest BCUT2D eigenvalue weighted by Gasteiger charge is -2.07. The predicted molar refractivity (Wildman–Crippen MR) is 48.5 cm³/mol. The highest BCUT2D eigenvalue weighted by Crippen LogP contribution is 2.31. The van der Waals surface area contributed by atoms with Crippen LogP contribution >= 0.6 is 11.8 Å². The van der Waals surface area contributed by atoms with Gasteiger partial charge >= 0.3 is 0 Å². The Hall–Kier alpha value is -0.780. The van der Waals surface area contributed by atoms with Crippen LogP contribution in [0.4, 0.5) is 4.39 Å². The Morgan fingerprint density at radius 1 is 1.54 bits per heavy atom. The van der Waals surface area contributed by atoms with Crippen molar-refractivity contribution in [3.63, 3.8) is 0 Å². The van der Waals surface area contributed by atoms with Crippen LogP contribution in [-0.4, -0.2) is 16.6 Å². The fraction of sp³-hybridized carbons (Fsp3) is 0.250. The highest BCUT2D eigenvalue weighted by Gasteiger charge is 2.11. The molecule has 0 aliphatic rings. The van der Waals surface area contributed by atoms with Gasteiger partial charge in [-0.3, -0.25) is 0 Å². The lowest BCUT2D eigenvalue weighted by Crippen LogP contribution is -2.08. The SMILES string of the molecule is CSc1c(O)ccc(CNO)c1F. The summed E-state index contributed by atoms with van der Waals surface area (Å²) in [7, 11) is 0. The van der Waals surface area contributed by atoms with Gasteiger partial charge in [0.05, 0.1) is 4.90 Å². The summed E-state index contributed by atoms with van der Waals surface area (Å²) in [6.07, 6.45) is 1.67. The second-order valence-corrected chi connectivity index (χ2v) is 3.24. The van der Waals surface area contributed by atoms with E-state index in [9.17, 15) is 9.50 Å². The van der Waals surface area contributed by atoms with Gasteiger partial charge in [-0.05, 0) is 12.3 Å². The first-order chi connectivity index (χ1) is 6.20. The maximum absolute atomic E-state index is 13.4. The van der Waals surface area contributed by atoms with Gasteiger partial charge < -0.3 is 10.3 Å². The zero-order chi connectivity index (χ0) is 9.84. The molecule has 0 atom stereocenters. The van der Waals surface area contributed by atoms with E-state index in [4.69, 9.17) is 5.21 Å². The van der Waals surface area contributed by atoms with Gasteiger partial charge in [0.2, 0.25) is 0 Å². The summed E-state index contributed by atoms with van der Waals surface area (Å²) in [5.41, 5.74) is 2.19. The number of halogens is 1. The number of nitrogens with one attached hydrogen (secondary N) is 1. The Kier molecular flexibility index (Phi) is 3.53. The molecule has 0 heterocycles. The van der Waals surface area contributed by atoms with Crippen molar-refractivity contribution in [2.24, 2.45) is 0 Å². The second-order valence-electron chi connectivity index (χ2n) is 2.43. The number of benzene rings is 1. The number of aromatic hydroxyl groups is 1. The summed E-state index contributed by atoms with van der Waals surface area (Å²) in [5.74, 6) is -0.569.